The van der Waals surface area contributed by atoms with Crippen molar-refractivity contribution in [1.29, 1.82) is 0 Å². The van der Waals surface area contributed by atoms with Gasteiger partial charge in [-0.25, -0.2) is 0 Å². The van der Waals surface area contributed by atoms with E-state index in [0.717, 1.165) is 4.88 Å². The maximum absolute atomic E-state index is 12.5. The molecule has 0 bridgehead atoms. The van der Waals surface area contributed by atoms with Gasteiger partial charge in [0.2, 0.25) is 0 Å². The molecular weight excluding hydrogens is 282 g/mol. The highest BCUT2D eigenvalue weighted by molar-refractivity contribution is 7.09. The Labute approximate surface area is 121 Å². The molecule has 2 rings (SSSR count). The number of hydrogen-bond acceptors (Lipinski definition) is 3. The number of halogens is 1. The molecule has 0 radical (unpaired) electrons. The van der Waals surface area contributed by atoms with Crippen LogP contribution in [0.1, 0.15) is 28.0 Å². The molecule has 2 heterocycles. The Morgan fingerprint density at radius 1 is 1.58 bits per heavy atom. The van der Waals surface area contributed by atoms with Crippen LogP contribution in [-0.4, -0.2) is 27.6 Å². The Kier molecular flexibility index (Phi) is 4.27. The van der Waals surface area contributed by atoms with E-state index in [1.807, 2.05) is 31.4 Å². The van der Waals surface area contributed by atoms with Gasteiger partial charge in [0.1, 0.15) is 5.69 Å². The lowest BCUT2D eigenvalue weighted by molar-refractivity contribution is 0.0774. The third kappa shape index (κ3) is 2.82. The van der Waals surface area contributed by atoms with Gasteiger partial charge in [0, 0.05) is 18.5 Å². The maximum Gasteiger partial charge on any atom is 0.273 e. The van der Waals surface area contributed by atoms with E-state index in [0.29, 0.717) is 29.5 Å². The quantitative estimate of drug-likeness (QED) is 0.869. The second kappa shape index (κ2) is 5.75. The lowest BCUT2D eigenvalue weighted by atomic mass is 10.3. The highest BCUT2D eigenvalue weighted by Gasteiger charge is 2.23. The lowest BCUT2D eigenvalue weighted by Gasteiger charge is -2.17. The van der Waals surface area contributed by atoms with E-state index >= 15 is 0 Å². The first-order chi connectivity index (χ1) is 9.04. The molecule has 0 aromatic carbocycles. The second-order valence-electron chi connectivity index (χ2n) is 4.30. The fourth-order valence-corrected chi connectivity index (χ4v) is 2.86. The molecule has 102 valence electrons. The minimum Gasteiger partial charge on any atom is -0.335 e. The summed E-state index contributed by atoms with van der Waals surface area (Å²) in [5, 5.41) is 6.72. The molecule has 0 unspecified atom stereocenters. The standard InChI is InChI=1S/C13H16ClN3OS/c1-4-17-12(11(14)9(2)15-17)13(18)16(3)8-10-6-5-7-19-10/h5-7H,4,8H2,1-3H3. The van der Waals surface area contributed by atoms with Crippen LogP contribution in [0.3, 0.4) is 0 Å². The van der Waals surface area contributed by atoms with Crippen LogP contribution in [-0.2, 0) is 13.1 Å². The van der Waals surface area contributed by atoms with Crippen molar-refractivity contribution in [3.05, 3.63) is 38.8 Å². The molecule has 0 saturated carbocycles. The predicted molar refractivity (Wildman–Crippen MR) is 77.8 cm³/mol. The molecule has 0 fully saturated rings. The molecule has 1 amide bonds. The molecule has 0 aliphatic rings. The van der Waals surface area contributed by atoms with Crippen LogP contribution < -0.4 is 0 Å². The monoisotopic (exact) mass is 297 g/mol. The molecule has 0 aliphatic heterocycles. The summed E-state index contributed by atoms with van der Waals surface area (Å²) < 4.78 is 1.66. The van der Waals surface area contributed by atoms with Crippen molar-refractivity contribution in [3.63, 3.8) is 0 Å². The van der Waals surface area contributed by atoms with Crippen LogP contribution in [0.5, 0.6) is 0 Å². The molecule has 2 aromatic rings. The smallest absolute Gasteiger partial charge is 0.273 e. The number of thiophene rings is 1. The van der Waals surface area contributed by atoms with E-state index in [1.165, 1.54) is 0 Å². The van der Waals surface area contributed by atoms with E-state index in [-0.39, 0.29) is 5.91 Å². The normalized spacial score (nSPS) is 10.7. The second-order valence-corrected chi connectivity index (χ2v) is 5.71. The van der Waals surface area contributed by atoms with Gasteiger partial charge >= 0.3 is 0 Å². The number of amides is 1. The van der Waals surface area contributed by atoms with E-state index in [4.69, 9.17) is 11.6 Å². The number of hydrogen-bond donors (Lipinski definition) is 0. The zero-order valence-electron chi connectivity index (χ0n) is 11.2. The fraction of sp³-hybridized carbons (Fsp3) is 0.385. The van der Waals surface area contributed by atoms with Crippen LogP contribution in [0.2, 0.25) is 5.02 Å². The van der Waals surface area contributed by atoms with Crippen molar-refractivity contribution < 1.29 is 4.79 Å². The molecular formula is C13H16ClN3OS. The van der Waals surface area contributed by atoms with Crippen LogP contribution in [0.4, 0.5) is 0 Å². The molecule has 4 nitrogen and oxygen atoms in total. The number of aryl methyl sites for hydroxylation is 2. The van der Waals surface area contributed by atoms with Gasteiger partial charge in [-0.3, -0.25) is 9.48 Å². The third-order valence-electron chi connectivity index (χ3n) is 2.88. The van der Waals surface area contributed by atoms with Gasteiger partial charge in [-0.2, -0.15) is 5.10 Å². The van der Waals surface area contributed by atoms with Crippen LogP contribution in [0.15, 0.2) is 17.5 Å². The molecule has 0 spiro atoms. The topological polar surface area (TPSA) is 38.1 Å². The minimum atomic E-state index is -0.0964. The van der Waals surface area contributed by atoms with Gasteiger partial charge in [-0.15, -0.1) is 11.3 Å². The largest absolute Gasteiger partial charge is 0.335 e. The molecule has 2 aromatic heterocycles. The molecule has 6 heteroatoms. The Morgan fingerprint density at radius 2 is 2.32 bits per heavy atom. The van der Waals surface area contributed by atoms with E-state index in [2.05, 4.69) is 5.10 Å². The number of rotatable bonds is 4. The number of carbonyl (C=O) groups is 1. The Bertz CT molecular complexity index is 577. The van der Waals surface area contributed by atoms with Gasteiger partial charge < -0.3 is 4.90 Å². The van der Waals surface area contributed by atoms with E-state index in [1.54, 1.807) is 28.0 Å². The fourth-order valence-electron chi connectivity index (χ4n) is 1.88. The molecule has 19 heavy (non-hydrogen) atoms. The van der Waals surface area contributed by atoms with Crippen molar-refractivity contribution in [2.24, 2.45) is 0 Å². The predicted octanol–water partition coefficient (Wildman–Crippen LogP) is 3.20. The zero-order chi connectivity index (χ0) is 14.0. The molecule has 0 aliphatic carbocycles. The van der Waals surface area contributed by atoms with Gasteiger partial charge in [0.25, 0.3) is 5.91 Å². The first-order valence-electron chi connectivity index (χ1n) is 6.05. The summed E-state index contributed by atoms with van der Waals surface area (Å²) in [5.74, 6) is -0.0964. The van der Waals surface area contributed by atoms with Crippen LogP contribution in [0.25, 0.3) is 0 Å². The van der Waals surface area contributed by atoms with Crippen LogP contribution >= 0.6 is 22.9 Å². The highest BCUT2D eigenvalue weighted by Crippen LogP contribution is 2.22. The average molecular weight is 298 g/mol. The van der Waals surface area contributed by atoms with Gasteiger partial charge in [0.05, 0.1) is 17.3 Å². The Hall–Kier alpha value is -1.33. The summed E-state index contributed by atoms with van der Waals surface area (Å²) >= 11 is 7.82. The summed E-state index contributed by atoms with van der Waals surface area (Å²) in [6.07, 6.45) is 0. The Balaban J connectivity index is 2.24. The highest BCUT2D eigenvalue weighted by atomic mass is 35.5. The van der Waals surface area contributed by atoms with Crippen molar-refractivity contribution >= 4 is 28.8 Å². The first kappa shape index (κ1) is 14.1. The molecule has 0 N–H and O–H groups in total. The third-order valence-corrected chi connectivity index (χ3v) is 4.19. The van der Waals surface area contributed by atoms with E-state index in [9.17, 15) is 4.79 Å². The van der Waals surface area contributed by atoms with Gasteiger partial charge in [0.15, 0.2) is 0 Å². The Morgan fingerprint density at radius 3 is 2.89 bits per heavy atom. The summed E-state index contributed by atoms with van der Waals surface area (Å²) in [5.41, 5.74) is 1.16. The first-order valence-corrected chi connectivity index (χ1v) is 7.31. The van der Waals surface area contributed by atoms with E-state index < -0.39 is 0 Å². The molecule has 0 saturated heterocycles. The summed E-state index contributed by atoms with van der Waals surface area (Å²) in [4.78, 5) is 15.3. The van der Waals surface area contributed by atoms with Gasteiger partial charge in [-0.05, 0) is 25.3 Å². The lowest BCUT2D eigenvalue weighted by Crippen LogP contribution is -2.28. The average Bonchev–Trinajstić information content (AvgIpc) is 2.98. The van der Waals surface area contributed by atoms with Crippen LogP contribution in [0, 0.1) is 6.92 Å². The van der Waals surface area contributed by atoms with Crippen molar-refractivity contribution in [1.82, 2.24) is 14.7 Å². The summed E-state index contributed by atoms with van der Waals surface area (Å²) in [6.45, 7) is 4.96. The number of nitrogens with zero attached hydrogens (tertiary/aromatic N) is 3. The zero-order valence-corrected chi connectivity index (χ0v) is 12.8. The van der Waals surface area contributed by atoms with Gasteiger partial charge in [-0.1, -0.05) is 17.7 Å². The summed E-state index contributed by atoms with van der Waals surface area (Å²) in [7, 11) is 1.78. The summed E-state index contributed by atoms with van der Waals surface area (Å²) in [6, 6.07) is 3.99. The minimum absolute atomic E-state index is 0.0964. The SMILES string of the molecule is CCn1nc(C)c(Cl)c1C(=O)N(C)Cc1cccs1. The molecule has 0 atom stereocenters. The van der Waals surface area contributed by atoms with Crippen molar-refractivity contribution in [2.45, 2.75) is 26.9 Å². The van der Waals surface area contributed by atoms with Crippen molar-refractivity contribution in [2.75, 3.05) is 7.05 Å². The maximum atomic E-state index is 12.5. The number of aromatic nitrogens is 2. The number of carbonyl (C=O) groups excluding carboxylic acids is 1. The van der Waals surface area contributed by atoms with Crippen molar-refractivity contribution in [3.8, 4) is 0 Å².